The van der Waals surface area contributed by atoms with Gasteiger partial charge in [-0.2, -0.15) is 0 Å². The fourth-order valence-electron chi connectivity index (χ4n) is 3.65. The molecule has 3 aromatic carbocycles. The van der Waals surface area contributed by atoms with E-state index in [2.05, 4.69) is 84.7 Å². The highest BCUT2D eigenvalue weighted by atomic mass is 16.3. The first-order chi connectivity index (χ1) is 11.7. The number of anilines is 1. The lowest BCUT2D eigenvalue weighted by atomic mass is 10.0. The quantitative estimate of drug-likeness (QED) is 0.480. The van der Waals surface area contributed by atoms with Crippen LogP contribution in [0.25, 0.3) is 32.7 Å². The molecule has 0 aliphatic carbocycles. The molecule has 0 fully saturated rings. The summed E-state index contributed by atoms with van der Waals surface area (Å²) in [5.74, 6) is 0. The second-order valence-electron chi connectivity index (χ2n) is 6.55. The van der Waals surface area contributed by atoms with Crippen LogP contribution in [-0.2, 0) is 0 Å². The zero-order valence-electron chi connectivity index (χ0n) is 13.8. The van der Waals surface area contributed by atoms with Crippen LogP contribution in [-0.4, -0.2) is 18.6 Å². The molecule has 5 rings (SSSR count). The van der Waals surface area contributed by atoms with E-state index in [4.69, 9.17) is 4.42 Å². The topological polar surface area (TPSA) is 19.6 Å². The average Bonchev–Trinajstić information content (AvgIpc) is 3.17. The Kier molecular flexibility index (Phi) is 2.69. The highest BCUT2D eigenvalue weighted by molar-refractivity contribution is 6.11. The molecule has 0 atom stereocenters. The minimum Gasteiger partial charge on any atom is -0.456 e. The Bertz CT molecular complexity index is 1120. The third-order valence-electron chi connectivity index (χ3n) is 4.91. The SMILES string of the molecule is Cc1c(N2C=CN(C)C2)ccc2c1oc1cc3ccccc3cc12. The minimum absolute atomic E-state index is 0.871. The van der Waals surface area contributed by atoms with Crippen molar-refractivity contribution in [3.05, 3.63) is 66.5 Å². The Morgan fingerprint density at radius 1 is 0.917 bits per heavy atom. The number of hydrogen-bond acceptors (Lipinski definition) is 3. The van der Waals surface area contributed by atoms with Crippen LogP contribution >= 0.6 is 0 Å². The molecule has 3 heteroatoms. The molecule has 0 radical (unpaired) electrons. The van der Waals surface area contributed by atoms with Crippen LogP contribution in [0.5, 0.6) is 0 Å². The predicted octanol–water partition coefficient (Wildman–Crippen LogP) is 5.23. The molecule has 0 saturated heterocycles. The number of nitrogens with zero attached hydrogens (tertiary/aromatic N) is 2. The van der Waals surface area contributed by atoms with E-state index in [0.29, 0.717) is 0 Å². The van der Waals surface area contributed by atoms with Crippen LogP contribution in [0.3, 0.4) is 0 Å². The lowest BCUT2D eigenvalue weighted by molar-refractivity contribution is 0.495. The van der Waals surface area contributed by atoms with Gasteiger partial charge in [0.1, 0.15) is 11.2 Å². The van der Waals surface area contributed by atoms with Crippen molar-refractivity contribution >= 4 is 38.4 Å². The molecule has 4 aromatic rings. The second kappa shape index (κ2) is 4.78. The van der Waals surface area contributed by atoms with Crippen LogP contribution in [0, 0.1) is 6.92 Å². The number of rotatable bonds is 1. The lowest BCUT2D eigenvalue weighted by Crippen LogP contribution is -2.22. The number of hydrogen-bond donors (Lipinski definition) is 0. The second-order valence-corrected chi connectivity index (χ2v) is 6.55. The van der Waals surface area contributed by atoms with Crippen LogP contribution in [0.4, 0.5) is 5.69 Å². The van der Waals surface area contributed by atoms with E-state index in [-0.39, 0.29) is 0 Å². The summed E-state index contributed by atoms with van der Waals surface area (Å²) in [6, 6.07) is 17.2. The molecule has 0 saturated carbocycles. The van der Waals surface area contributed by atoms with Crippen LogP contribution in [0.2, 0.25) is 0 Å². The van der Waals surface area contributed by atoms with Gasteiger partial charge in [-0.15, -0.1) is 0 Å². The first kappa shape index (κ1) is 13.5. The van der Waals surface area contributed by atoms with E-state index in [0.717, 1.165) is 17.8 Å². The summed E-state index contributed by atoms with van der Waals surface area (Å²) in [4.78, 5) is 4.41. The number of fused-ring (bicyclic) bond motifs is 4. The molecular formula is C21H18N2O. The molecule has 0 bridgehead atoms. The smallest absolute Gasteiger partial charge is 0.140 e. The van der Waals surface area contributed by atoms with Crippen LogP contribution in [0.1, 0.15) is 5.56 Å². The van der Waals surface area contributed by atoms with Crippen LogP contribution < -0.4 is 4.90 Å². The van der Waals surface area contributed by atoms with Gasteiger partial charge in [-0.3, -0.25) is 0 Å². The molecule has 118 valence electrons. The number of benzene rings is 3. The fourth-order valence-corrected chi connectivity index (χ4v) is 3.65. The third-order valence-corrected chi connectivity index (χ3v) is 4.91. The zero-order valence-corrected chi connectivity index (χ0v) is 13.8. The standard InChI is InChI=1S/C21H18N2O/c1-14-19(23-10-9-22(2)13-23)8-7-17-18-11-15-5-3-4-6-16(15)12-20(18)24-21(14)17/h3-12H,13H2,1-2H3. The molecule has 0 unspecified atom stereocenters. The predicted molar refractivity (Wildman–Crippen MR) is 100 cm³/mol. The Morgan fingerprint density at radius 2 is 1.71 bits per heavy atom. The monoisotopic (exact) mass is 314 g/mol. The maximum Gasteiger partial charge on any atom is 0.140 e. The number of furan rings is 1. The van der Waals surface area contributed by atoms with E-state index >= 15 is 0 Å². The summed E-state index contributed by atoms with van der Waals surface area (Å²) in [6.45, 7) is 3.02. The van der Waals surface area contributed by atoms with Crippen molar-refractivity contribution in [3.8, 4) is 0 Å². The maximum atomic E-state index is 6.25. The first-order valence-electron chi connectivity index (χ1n) is 8.20. The summed E-state index contributed by atoms with van der Waals surface area (Å²) >= 11 is 0. The zero-order chi connectivity index (χ0) is 16.3. The first-order valence-corrected chi connectivity index (χ1v) is 8.20. The average molecular weight is 314 g/mol. The molecule has 2 heterocycles. The Labute approximate surface area is 140 Å². The third kappa shape index (κ3) is 1.84. The molecule has 24 heavy (non-hydrogen) atoms. The summed E-state index contributed by atoms with van der Waals surface area (Å²) in [6.07, 6.45) is 4.21. The van der Waals surface area contributed by atoms with Crippen molar-refractivity contribution in [2.75, 3.05) is 18.6 Å². The van der Waals surface area contributed by atoms with Gasteiger partial charge in [0.25, 0.3) is 0 Å². The minimum atomic E-state index is 0.871. The molecule has 0 amide bonds. The summed E-state index contributed by atoms with van der Waals surface area (Å²) in [5, 5.41) is 4.84. The lowest BCUT2D eigenvalue weighted by Gasteiger charge is -2.20. The summed E-state index contributed by atoms with van der Waals surface area (Å²) in [7, 11) is 2.08. The van der Waals surface area contributed by atoms with Gasteiger partial charge in [-0.05, 0) is 42.0 Å². The van der Waals surface area contributed by atoms with Gasteiger partial charge in [0, 0.05) is 41.5 Å². The maximum absolute atomic E-state index is 6.25. The van der Waals surface area contributed by atoms with Gasteiger partial charge in [-0.25, -0.2) is 0 Å². The van der Waals surface area contributed by atoms with Gasteiger partial charge in [-0.1, -0.05) is 24.3 Å². The van der Waals surface area contributed by atoms with E-state index < -0.39 is 0 Å². The molecular weight excluding hydrogens is 296 g/mol. The van der Waals surface area contributed by atoms with Crippen LogP contribution in [0.15, 0.2) is 65.3 Å². The molecule has 1 aliphatic heterocycles. The van der Waals surface area contributed by atoms with Crippen molar-refractivity contribution in [2.24, 2.45) is 0 Å². The van der Waals surface area contributed by atoms with Crippen molar-refractivity contribution in [2.45, 2.75) is 6.92 Å². The molecule has 0 spiro atoms. The van der Waals surface area contributed by atoms with Crippen molar-refractivity contribution < 1.29 is 4.42 Å². The Balaban J connectivity index is 1.77. The van der Waals surface area contributed by atoms with Gasteiger partial charge in [0.05, 0.1) is 6.67 Å². The van der Waals surface area contributed by atoms with Crippen molar-refractivity contribution in [1.29, 1.82) is 0 Å². The van der Waals surface area contributed by atoms with Gasteiger partial charge >= 0.3 is 0 Å². The van der Waals surface area contributed by atoms with E-state index in [9.17, 15) is 0 Å². The normalized spacial score (nSPS) is 14.6. The highest BCUT2D eigenvalue weighted by Gasteiger charge is 2.17. The van der Waals surface area contributed by atoms with E-state index in [1.807, 2.05) is 0 Å². The number of aryl methyl sites for hydroxylation is 1. The largest absolute Gasteiger partial charge is 0.456 e. The van der Waals surface area contributed by atoms with Crippen molar-refractivity contribution in [3.63, 3.8) is 0 Å². The summed E-state index contributed by atoms with van der Waals surface area (Å²) in [5.41, 5.74) is 4.33. The van der Waals surface area contributed by atoms with Gasteiger partial charge in [0.15, 0.2) is 0 Å². The molecule has 1 aliphatic rings. The van der Waals surface area contributed by atoms with E-state index in [1.54, 1.807) is 0 Å². The van der Waals surface area contributed by atoms with Gasteiger partial charge in [0.2, 0.25) is 0 Å². The molecule has 0 N–H and O–H groups in total. The highest BCUT2D eigenvalue weighted by Crippen LogP contribution is 2.37. The molecule has 3 nitrogen and oxygen atoms in total. The summed E-state index contributed by atoms with van der Waals surface area (Å²) < 4.78 is 6.25. The van der Waals surface area contributed by atoms with E-state index in [1.165, 1.54) is 32.8 Å². The molecule has 1 aromatic heterocycles. The van der Waals surface area contributed by atoms with Crippen molar-refractivity contribution in [1.82, 2.24) is 4.90 Å². The Hall–Kier alpha value is -2.94. The Morgan fingerprint density at radius 3 is 2.46 bits per heavy atom. The fraction of sp³-hybridized carbons (Fsp3) is 0.143. The van der Waals surface area contributed by atoms with Gasteiger partial charge < -0.3 is 14.2 Å².